The fourth-order valence-corrected chi connectivity index (χ4v) is 1.43. The predicted octanol–water partition coefficient (Wildman–Crippen LogP) is 0.397. The molecule has 0 aliphatic rings. The third-order valence-electron chi connectivity index (χ3n) is 2.48. The van der Waals surface area contributed by atoms with E-state index in [1.54, 1.807) is 12.1 Å². The molecule has 0 fully saturated rings. The SMILES string of the molecule is CO.COC(=O)CNC(=O)c1cc(C)c(N)c(C)c1. The summed E-state index contributed by atoms with van der Waals surface area (Å²) in [6.45, 7) is 3.52. The number of carbonyl (C=O) groups excluding carboxylic acids is 2. The molecule has 0 saturated heterocycles. The molecule has 0 bridgehead atoms. The van der Waals surface area contributed by atoms with Crippen LogP contribution >= 0.6 is 0 Å². The maximum absolute atomic E-state index is 11.7. The van der Waals surface area contributed by atoms with E-state index in [-0.39, 0.29) is 12.5 Å². The number of nitrogen functional groups attached to an aromatic ring is 1. The Morgan fingerprint density at radius 2 is 1.74 bits per heavy atom. The van der Waals surface area contributed by atoms with E-state index in [0.29, 0.717) is 11.3 Å². The number of hydrogen-bond acceptors (Lipinski definition) is 5. The number of amides is 1. The van der Waals surface area contributed by atoms with E-state index in [4.69, 9.17) is 10.8 Å². The molecule has 19 heavy (non-hydrogen) atoms. The van der Waals surface area contributed by atoms with Crippen molar-refractivity contribution in [2.75, 3.05) is 26.5 Å². The maximum atomic E-state index is 11.7. The quantitative estimate of drug-likeness (QED) is 0.544. The lowest BCUT2D eigenvalue weighted by Gasteiger charge is -2.09. The molecule has 1 amide bonds. The van der Waals surface area contributed by atoms with Crippen molar-refractivity contribution in [1.29, 1.82) is 0 Å². The molecule has 0 saturated carbocycles. The highest BCUT2D eigenvalue weighted by Crippen LogP contribution is 2.18. The molecule has 0 aliphatic heterocycles. The van der Waals surface area contributed by atoms with Crippen LogP contribution in [0.2, 0.25) is 0 Å². The topological polar surface area (TPSA) is 102 Å². The Morgan fingerprint density at radius 1 is 1.26 bits per heavy atom. The molecule has 0 radical (unpaired) electrons. The second-order valence-corrected chi connectivity index (χ2v) is 3.78. The minimum atomic E-state index is -0.484. The van der Waals surface area contributed by atoms with Crippen molar-refractivity contribution in [3.8, 4) is 0 Å². The number of aryl methyl sites for hydroxylation is 2. The van der Waals surface area contributed by atoms with Crippen LogP contribution in [0, 0.1) is 13.8 Å². The van der Waals surface area contributed by atoms with Crippen LogP contribution in [0.1, 0.15) is 21.5 Å². The number of hydrogen-bond donors (Lipinski definition) is 3. The van der Waals surface area contributed by atoms with Crippen LogP contribution < -0.4 is 11.1 Å². The number of carbonyl (C=O) groups is 2. The largest absolute Gasteiger partial charge is 0.468 e. The highest BCUT2D eigenvalue weighted by molar-refractivity contribution is 5.96. The number of anilines is 1. The number of ether oxygens (including phenoxy) is 1. The van der Waals surface area contributed by atoms with Crippen molar-refractivity contribution in [2.24, 2.45) is 0 Å². The number of methoxy groups -OCH3 is 1. The third-order valence-corrected chi connectivity index (χ3v) is 2.48. The lowest BCUT2D eigenvalue weighted by Crippen LogP contribution is -2.30. The summed E-state index contributed by atoms with van der Waals surface area (Å²) in [5.41, 5.74) is 8.63. The third kappa shape index (κ3) is 4.97. The van der Waals surface area contributed by atoms with Crippen LogP contribution in [0.15, 0.2) is 12.1 Å². The molecular weight excluding hydrogens is 248 g/mol. The van der Waals surface area contributed by atoms with Crippen LogP contribution in [0.4, 0.5) is 5.69 Å². The summed E-state index contributed by atoms with van der Waals surface area (Å²) in [7, 11) is 2.27. The van der Waals surface area contributed by atoms with Gasteiger partial charge in [-0.15, -0.1) is 0 Å². The van der Waals surface area contributed by atoms with Crippen molar-refractivity contribution >= 4 is 17.6 Å². The fraction of sp³-hybridized carbons (Fsp3) is 0.385. The second-order valence-electron chi connectivity index (χ2n) is 3.78. The molecule has 106 valence electrons. The minimum Gasteiger partial charge on any atom is -0.468 e. The zero-order valence-electron chi connectivity index (χ0n) is 11.6. The van der Waals surface area contributed by atoms with Crippen LogP contribution in [-0.4, -0.2) is 37.7 Å². The second kappa shape index (κ2) is 8.10. The van der Waals surface area contributed by atoms with Crippen LogP contribution in [-0.2, 0) is 9.53 Å². The zero-order chi connectivity index (χ0) is 15.0. The Hall–Kier alpha value is -2.08. The molecular formula is C13H20N2O4. The maximum Gasteiger partial charge on any atom is 0.325 e. The van der Waals surface area contributed by atoms with E-state index < -0.39 is 5.97 Å². The molecule has 0 heterocycles. The number of nitrogens with one attached hydrogen (secondary N) is 1. The average molecular weight is 268 g/mol. The first-order valence-electron chi connectivity index (χ1n) is 5.62. The van der Waals surface area contributed by atoms with Gasteiger partial charge in [0.05, 0.1) is 7.11 Å². The highest BCUT2D eigenvalue weighted by atomic mass is 16.5. The van der Waals surface area contributed by atoms with Gasteiger partial charge in [0.25, 0.3) is 5.91 Å². The van der Waals surface area contributed by atoms with Gasteiger partial charge in [-0.3, -0.25) is 9.59 Å². The zero-order valence-corrected chi connectivity index (χ0v) is 11.6. The van der Waals surface area contributed by atoms with Gasteiger partial charge >= 0.3 is 5.97 Å². The number of benzene rings is 1. The van der Waals surface area contributed by atoms with E-state index in [1.807, 2.05) is 13.8 Å². The molecule has 0 atom stereocenters. The Balaban J connectivity index is 0.00000154. The van der Waals surface area contributed by atoms with Gasteiger partial charge in [0.2, 0.25) is 0 Å². The van der Waals surface area contributed by atoms with E-state index in [9.17, 15) is 9.59 Å². The number of aliphatic hydroxyl groups is 1. The van der Waals surface area contributed by atoms with Gasteiger partial charge in [-0.1, -0.05) is 0 Å². The van der Waals surface area contributed by atoms with E-state index in [0.717, 1.165) is 18.2 Å². The summed E-state index contributed by atoms with van der Waals surface area (Å²) < 4.78 is 4.43. The Kier molecular flexibility index (Phi) is 7.21. The van der Waals surface area contributed by atoms with Gasteiger partial charge in [0.1, 0.15) is 6.54 Å². The molecule has 0 aliphatic carbocycles. The summed E-state index contributed by atoms with van der Waals surface area (Å²) in [5.74, 6) is -0.802. The van der Waals surface area contributed by atoms with Gasteiger partial charge < -0.3 is 20.9 Å². The predicted molar refractivity (Wildman–Crippen MR) is 72.8 cm³/mol. The molecule has 6 heteroatoms. The van der Waals surface area contributed by atoms with Gasteiger partial charge in [0.15, 0.2) is 0 Å². The van der Waals surface area contributed by atoms with E-state index >= 15 is 0 Å². The summed E-state index contributed by atoms with van der Waals surface area (Å²) in [5, 5.41) is 9.47. The average Bonchev–Trinajstić information content (AvgIpc) is 2.43. The highest BCUT2D eigenvalue weighted by Gasteiger charge is 2.10. The monoisotopic (exact) mass is 268 g/mol. The fourth-order valence-electron chi connectivity index (χ4n) is 1.43. The van der Waals surface area contributed by atoms with Crippen LogP contribution in [0.5, 0.6) is 0 Å². The van der Waals surface area contributed by atoms with Gasteiger partial charge in [-0.25, -0.2) is 0 Å². The van der Waals surface area contributed by atoms with Gasteiger partial charge in [-0.05, 0) is 37.1 Å². The Labute approximate surface area is 112 Å². The first-order valence-corrected chi connectivity index (χ1v) is 5.62. The lowest BCUT2D eigenvalue weighted by atomic mass is 10.0. The molecule has 1 aromatic rings. The van der Waals surface area contributed by atoms with Crippen molar-refractivity contribution in [2.45, 2.75) is 13.8 Å². The lowest BCUT2D eigenvalue weighted by molar-refractivity contribution is -0.139. The van der Waals surface area contributed by atoms with Crippen LogP contribution in [0.25, 0.3) is 0 Å². The molecule has 0 aromatic heterocycles. The number of aliphatic hydroxyl groups excluding tert-OH is 1. The smallest absolute Gasteiger partial charge is 0.325 e. The first kappa shape index (κ1) is 16.9. The Bertz CT molecular complexity index is 435. The molecule has 1 rings (SSSR count). The molecule has 0 unspecified atom stereocenters. The van der Waals surface area contributed by atoms with Gasteiger partial charge in [-0.2, -0.15) is 0 Å². The number of esters is 1. The summed E-state index contributed by atoms with van der Waals surface area (Å²) in [6.07, 6.45) is 0. The molecule has 4 N–H and O–H groups in total. The molecule has 0 spiro atoms. The van der Waals surface area contributed by atoms with Gasteiger partial charge in [0, 0.05) is 18.4 Å². The van der Waals surface area contributed by atoms with Crippen molar-refractivity contribution in [3.05, 3.63) is 28.8 Å². The summed E-state index contributed by atoms with van der Waals surface area (Å²) >= 11 is 0. The van der Waals surface area contributed by atoms with Crippen molar-refractivity contribution in [1.82, 2.24) is 5.32 Å². The number of nitrogens with two attached hydrogens (primary N) is 1. The van der Waals surface area contributed by atoms with Crippen molar-refractivity contribution < 1.29 is 19.4 Å². The Morgan fingerprint density at radius 3 is 2.16 bits per heavy atom. The minimum absolute atomic E-state index is 0.141. The van der Waals surface area contributed by atoms with Crippen molar-refractivity contribution in [3.63, 3.8) is 0 Å². The molecule has 6 nitrogen and oxygen atoms in total. The standard InChI is InChI=1S/C12H16N2O3.CH4O/c1-7-4-9(5-8(2)11(7)13)12(16)14-6-10(15)17-3;1-2/h4-5H,6,13H2,1-3H3,(H,14,16);2H,1H3. The summed E-state index contributed by atoms with van der Waals surface area (Å²) in [6, 6.07) is 3.38. The van der Waals surface area contributed by atoms with E-state index in [2.05, 4.69) is 10.1 Å². The number of rotatable bonds is 3. The van der Waals surface area contributed by atoms with Crippen LogP contribution in [0.3, 0.4) is 0 Å². The molecule has 1 aromatic carbocycles. The summed E-state index contributed by atoms with van der Waals surface area (Å²) in [4.78, 5) is 22.6. The normalized spacial score (nSPS) is 9.11. The van der Waals surface area contributed by atoms with E-state index in [1.165, 1.54) is 7.11 Å². The first-order chi connectivity index (χ1) is 8.95.